The Morgan fingerprint density at radius 2 is 2.15 bits per heavy atom. The number of aliphatic hydroxyl groups excluding tert-OH is 2. The zero-order valence-corrected chi connectivity index (χ0v) is 8.10. The van der Waals surface area contributed by atoms with E-state index in [1.807, 2.05) is 13.8 Å². The largest absolute Gasteiger partial charge is 0.396 e. The molecule has 4 heteroatoms. The van der Waals surface area contributed by atoms with Gasteiger partial charge in [0.2, 0.25) is 5.91 Å². The minimum Gasteiger partial charge on any atom is -0.396 e. The highest BCUT2D eigenvalue weighted by Gasteiger charge is 2.33. The van der Waals surface area contributed by atoms with Gasteiger partial charge in [-0.2, -0.15) is 0 Å². The molecule has 0 bridgehead atoms. The lowest BCUT2D eigenvalue weighted by Crippen LogP contribution is -2.33. The minimum absolute atomic E-state index is 0.0374. The number of likely N-dealkylation sites (tertiary alicyclic amines) is 1. The lowest BCUT2D eigenvalue weighted by molar-refractivity contribution is -0.133. The van der Waals surface area contributed by atoms with E-state index < -0.39 is 6.10 Å². The summed E-state index contributed by atoms with van der Waals surface area (Å²) in [6.07, 6.45) is -0.562. The maximum absolute atomic E-state index is 11.5. The van der Waals surface area contributed by atoms with Crippen molar-refractivity contribution < 1.29 is 15.0 Å². The highest BCUT2D eigenvalue weighted by atomic mass is 16.3. The Hall–Kier alpha value is -0.610. The zero-order chi connectivity index (χ0) is 10.0. The van der Waals surface area contributed by atoms with Crippen LogP contribution in [0.2, 0.25) is 0 Å². The lowest BCUT2D eigenvalue weighted by atomic mass is 10.1. The first-order chi connectivity index (χ1) is 6.06. The van der Waals surface area contributed by atoms with Gasteiger partial charge in [-0.25, -0.2) is 0 Å². The van der Waals surface area contributed by atoms with Gasteiger partial charge in [0, 0.05) is 24.9 Å². The summed E-state index contributed by atoms with van der Waals surface area (Å²) in [6.45, 7) is 4.46. The lowest BCUT2D eigenvalue weighted by Gasteiger charge is -2.17. The van der Waals surface area contributed by atoms with Crippen molar-refractivity contribution in [1.29, 1.82) is 0 Å². The molecule has 13 heavy (non-hydrogen) atoms. The topological polar surface area (TPSA) is 60.8 Å². The number of amides is 1. The molecule has 1 aliphatic heterocycles. The summed E-state index contributed by atoms with van der Waals surface area (Å²) in [5.41, 5.74) is 0. The first-order valence-electron chi connectivity index (χ1n) is 4.64. The fourth-order valence-corrected chi connectivity index (χ4v) is 1.58. The number of carbonyl (C=O) groups excluding carboxylic acids is 1. The van der Waals surface area contributed by atoms with Gasteiger partial charge in [-0.05, 0) is 0 Å². The van der Waals surface area contributed by atoms with Crippen LogP contribution in [0.5, 0.6) is 0 Å². The van der Waals surface area contributed by atoms with Crippen molar-refractivity contribution in [3.8, 4) is 0 Å². The average molecular weight is 187 g/mol. The third kappa shape index (κ3) is 2.19. The van der Waals surface area contributed by atoms with Crippen LogP contribution in [0.1, 0.15) is 13.8 Å². The molecule has 0 aromatic rings. The summed E-state index contributed by atoms with van der Waals surface area (Å²) in [4.78, 5) is 13.1. The average Bonchev–Trinajstić information content (AvgIpc) is 2.45. The monoisotopic (exact) mass is 187 g/mol. The predicted octanol–water partition coefficient (Wildman–Crippen LogP) is -0.546. The van der Waals surface area contributed by atoms with Crippen LogP contribution in [0.3, 0.4) is 0 Å². The zero-order valence-electron chi connectivity index (χ0n) is 8.10. The van der Waals surface area contributed by atoms with E-state index >= 15 is 0 Å². The molecule has 1 amide bonds. The van der Waals surface area contributed by atoms with Crippen molar-refractivity contribution in [2.24, 2.45) is 11.8 Å². The van der Waals surface area contributed by atoms with Gasteiger partial charge < -0.3 is 15.1 Å². The van der Waals surface area contributed by atoms with Gasteiger partial charge >= 0.3 is 0 Å². The first-order valence-corrected chi connectivity index (χ1v) is 4.64. The second-order valence-electron chi connectivity index (χ2n) is 3.91. The Balaban J connectivity index is 2.53. The Bertz CT molecular complexity index is 193. The van der Waals surface area contributed by atoms with Gasteiger partial charge in [-0.15, -0.1) is 0 Å². The summed E-state index contributed by atoms with van der Waals surface area (Å²) in [7, 11) is 0. The van der Waals surface area contributed by atoms with Crippen LogP contribution >= 0.6 is 0 Å². The van der Waals surface area contributed by atoms with E-state index in [9.17, 15) is 9.90 Å². The van der Waals surface area contributed by atoms with Gasteiger partial charge in [-0.1, -0.05) is 13.8 Å². The van der Waals surface area contributed by atoms with E-state index in [-0.39, 0.29) is 24.3 Å². The molecule has 0 aromatic carbocycles. The quantitative estimate of drug-likeness (QED) is 0.610. The summed E-state index contributed by atoms with van der Waals surface area (Å²) >= 11 is 0. The van der Waals surface area contributed by atoms with Gasteiger partial charge in [-0.3, -0.25) is 4.79 Å². The van der Waals surface area contributed by atoms with Crippen LogP contribution in [0.15, 0.2) is 0 Å². The molecule has 2 unspecified atom stereocenters. The standard InChI is InChI=1S/C9H17NO3/c1-6(2)9(13)10-3-7(5-11)8(12)4-10/h6-8,11-12H,3-5H2,1-2H3. The molecule has 1 aliphatic rings. The molecule has 2 atom stereocenters. The number of aliphatic hydroxyl groups is 2. The molecule has 4 nitrogen and oxygen atoms in total. The summed E-state index contributed by atoms with van der Waals surface area (Å²) in [5, 5.41) is 18.3. The van der Waals surface area contributed by atoms with E-state index in [0.717, 1.165) is 0 Å². The van der Waals surface area contributed by atoms with Crippen LogP contribution in [0.4, 0.5) is 0 Å². The number of nitrogens with zero attached hydrogens (tertiary/aromatic N) is 1. The third-order valence-electron chi connectivity index (χ3n) is 2.45. The number of hydrogen-bond acceptors (Lipinski definition) is 3. The van der Waals surface area contributed by atoms with Crippen molar-refractivity contribution >= 4 is 5.91 Å². The Morgan fingerprint density at radius 1 is 1.54 bits per heavy atom. The van der Waals surface area contributed by atoms with Crippen LogP contribution in [-0.4, -0.2) is 46.8 Å². The number of β-amino-alcohol motifs (C(OH)–C–C–N with tert-alkyl or cyclic N) is 1. The second-order valence-corrected chi connectivity index (χ2v) is 3.91. The normalized spacial score (nSPS) is 28.5. The molecule has 0 radical (unpaired) electrons. The second kappa shape index (κ2) is 4.07. The maximum atomic E-state index is 11.5. The van der Waals surface area contributed by atoms with Crippen LogP contribution in [-0.2, 0) is 4.79 Å². The van der Waals surface area contributed by atoms with Crippen LogP contribution < -0.4 is 0 Å². The van der Waals surface area contributed by atoms with E-state index in [2.05, 4.69) is 0 Å². The molecule has 0 spiro atoms. The highest BCUT2D eigenvalue weighted by molar-refractivity contribution is 5.78. The first kappa shape index (κ1) is 10.5. The summed E-state index contributed by atoms with van der Waals surface area (Å²) < 4.78 is 0. The fourth-order valence-electron chi connectivity index (χ4n) is 1.58. The molecule has 76 valence electrons. The molecule has 1 heterocycles. The Kier molecular flexibility index (Phi) is 3.27. The van der Waals surface area contributed by atoms with Gasteiger partial charge in [0.25, 0.3) is 0 Å². The highest BCUT2D eigenvalue weighted by Crippen LogP contribution is 2.18. The molecule has 0 aromatic heterocycles. The minimum atomic E-state index is -0.562. The molecule has 0 aliphatic carbocycles. The number of hydrogen-bond donors (Lipinski definition) is 2. The van der Waals surface area contributed by atoms with Crippen molar-refractivity contribution in [3.05, 3.63) is 0 Å². The molecule has 1 saturated heterocycles. The third-order valence-corrected chi connectivity index (χ3v) is 2.45. The number of carbonyl (C=O) groups is 1. The van der Waals surface area contributed by atoms with Gasteiger partial charge in [0.1, 0.15) is 0 Å². The Morgan fingerprint density at radius 3 is 2.54 bits per heavy atom. The maximum Gasteiger partial charge on any atom is 0.225 e. The predicted molar refractivity (Wildman–Crippen MR) is 48.0 cm³/mol. The van der Waals surface area contributed by atoms with Gasteiger partial charge in [0.15, 0.2) is 0 Å². The van der Waals surface area contributed by atoms with Crippen molar-refractivity contribution in [2.45, 2.75) is 20.0 Å². The molecular formula is C9H17NO3. The summed E-state index contributed by atoms with van der Waals surface area (Å²) in [6, 6.07) is 0. The molecular weight excluding hydrogens is 170 g/mol. The van der Waals surface area contributed by atoms with Crippen molar-refractivity contribution in [1.82, 2.24) is 4.90 Å². The summed E-state index contributed by atoms with van der Waals surface area (Å²) in [5.74, 6) is -0.151. The number of rotatable bonds is 2. The van der Waals surface area contributed by atoms with Crippen molar-refractivity contribution in [3.63, 3.8) is 0 Å². The molecule has 1 fully saturated rings. The van der Waals surface area contributed by atoms with E-state index in [4.69, 9.17) is 5.11 Å². The smallest absolute Gasteiger partial charge is 0.225 e. The molecule has 1 rings (SSSR count). The van der Waals surface area contributed by atoms with E-state index in [0.29, 0.717) is 13.1 Å². The van der Waals surface area contributed by atoms with E-state index in [1.165, 1.54) is 0 Å². The van der Waals surface area contributed by atoms with Crippen molar-refractivity contribution in [2.75, 3.05) is 19.7 Å². The van der Waals surface area contributed by atoms with Crippen LogP contribution in [0, 0.1) is 11.8 Å². The molecule has 2 N–H and O–H groups in total. The Labute approximate surface area is 78.2 Å². The van der Waals surface area contributed by atoms with Gasteiger partial charge in [0.05, 0.1) is 12.7 Å². The molecule has 0 saturated carbocycles. The SMILES string of the molecule is CC(C)C(=O)N1CC(O)C(CO)C1. The van der Waals surface area contributed by atoms with E-state index in [1.54, 1.807) is 4.90 Å². The fraction of sp³-hybridized carbons (Fsp3) is 0.889. The van der Waals surface area contributed by atoms with Crippen LogP contribution in [0.25, 0.3) is 0 Å².